The molecular formula is C33H31NO5. The van der Waals surface area contributed by atoms with Crippen LogP contribution in [0.4, 0.5) is 0 Å². The Morgan fingerprint density at radius 1 is 0.846 bits per heavy atom. The number of hydrogen-bond acceptors (Lipinski definition) is 6. The number of hydrogen-bond donors (Lipinski definition) is 1. The second-order valence-electron chi connectivity index (χ2n) is 8.84. The van der Waals surface area contributed by atoms with Gasteiger partial charge in [0.2, 0.25) is 0 Å². The first-order chi connectivity index (χ1) is 19.0. The number of carbonyl (C=O) groups is 2. The van der Waals surface area contributed by atoms with E-state index in [0.29, 0.717) is 11.4 Å². The second kappa shape index (κ2) is 13.3. The summed E-state index contributed by atoms with van der Waals surface area (Å²) >= 11 is 0. The molecule has 2 unspecified atom stereocenters. The molecule has 1 heterocycles. The molecule has 0 aliphatic carbocycles. The minimum absolute atomic E-state index is 0.00103. The van der Waals surface area contributed by atoms with Crippen molar-refractivity contribution in [3.05, 3.63) is 125 Å². The van der Waals surface area contributed by atoms with Crippen LogP contribution in [0.2, 0.25) is 0 Å². The minimum Gasteiger partial charge on any atom is -0.463 e. The fraction of sp³-hybridized carbons (Fsp3) is 0.212. The lowest BCUT2D eigenvalue weighted by Crippen LogP contribution is -2.33. The Morgan fingerprint density at radius 3 is 2.05 bits per heavy atom. The number of allylic oxidation sites excluding steroid dienone is 1. The maximum atomic E-state index is 13.6. The lowest BCUT2D eigenvalue weighted by atomic mass is 9.84. The van der Waals surface area contributed by atoms with Crippen molar-refractivity contribution >= 4 is 17.6 Å². The highest BCUT2D eigenvalue weighted by Crippen LogP contribution is 2.35. The zero-order valence-corrected chi connectivity index (χ0v) is 22.3. The van der Waals surface area contributed by atoms with E-state index in [0.717, 1.165) is 16.7 Å². The summed E-state index contributed by atoms with van der Waals surface area (Å²) in [5, 5.41) is 3.27. The van der Waals surface area contributed by atoms with Crippen molar-refractivity contribution in [3.63, 3.8) is 0 Å². The molecule has 0 saturated heterocycles. The van der Waals surface area contributed by atoms with Crippen molar-refractivity contribution in [1.29, 1.82) is 0 Å². The number of carbonyl (C=O) groups excluding carboxylic acids is 2. The van der Waals surface area contributed by atoms with E-state index in [4.69, 9.17) is 14.2 Å². The largest absolute Gasteiger partial charge is 0.463 e. The second-order valence-corrected chi connectivity index (χ2v) is 8.84. The van der Waals surface area contributed by atoms with Gasteiger partial charge in [-0.05, 0) is 37.1 Å². The predicted molar refractivity (Wildman–Crippen MR) is 150 cm³/mol. The van der Waals surface area contributed by atoms with E-state index in [-0.39, 0.29) is 24.4 Å². The molecule has 6 nitrogen and oxygen atoms in total. The highest BCUT2D eigenvalue weighted by molar-refractivity contribution is 6.04. The first-order valence-electron chi connectivity index (χ1n) is 12.8. The number of methoxy groups -OCH3 is 1. The van der Waals surface area contributed by atoms with Gasteiger partial charge in [-0.15, -0.1) is 0 Å². The molecule has 1 N–H and O–H groups in total. The molecule has 0 amide bonds. The van der Waals surface area contributed by atoms with Crippen LogP contribution in [-0.4, -0.2) is 32.3 Å². The van der Waals surface area contributed by atoms with Gasteiger partial charge in [-0.3, -0.25) is 0 Å². The van der Waals surface area contributed by atoms with Crippen LogP contribution in [0.5, 0.6) is 0 Å². The van der Waals surface area contributed by atoms with Crippen LogP contribution in [0.3, 0.4) is 0 Å². The minimum atomic E-state index is -0.883. The topological polar surface area (TPSA) is 73.9 Å². The van der Waals surface area contributed by atoms with Gasteiger partial charge < -0.3 is 19.5 Å². The van der Waals surface area contributed by atoms with Crippen LogP contribution in [0.15, 0.2) is 108 Å². The Bertz CT molecular complexity index is 1420. The van der Waals surface area contributed by atoms with Gasteiger partial charge in [0.15, 0.2) is 0 Å². The average Bonchev–Trinajstić information content (AvgIpc) is 2.97. The van der Waals surface area contributed by atoms with Gasteiger partial charge in [-0.1, -0.05) is 90.7 Å². The number of dihydropyridines is 1. The molecule has 1 aliphatic heterocycles. The Hall–Kier alpha value is -4.60. The predicted octanol–water partition coefficient (Wildman–Crippen LogP) is 5.44. The van der Waals surface area contributed by atoms with Crippen molar-refractivity contribution in [2.45, 2.75) is 20.0 Å². The molecule has 0 fully saturated rings. The van der Waals surface area contributed by atoms with Gasteiger partial charge in [0.25, 0.3) is 0 Å². The lowest BCUT2D eigenvalue weighted by molar-refractivity contribution is -0.143. The van der Waals surface area contributed by atoms with Crippen LogP contribution >= 0.6 is 0 Å². The number of ether oxygens (including phenoxy) is 3. The van der Waals surface area contributed by atoms with E-state index in [1.807, 2.05) is 91.0 Å². The molecule has 39 heavy (non-hydrogen) atoms. The molecule has 3 aromatic carbocycles. The third-order valence-corrected chi connectivity index (χ3v) is 6.30. The van der Waals surface area contributed by atoms with E-state index in [1.165, 1.54) is 0 Å². The van der Waals surface area contributed by atoms with E-state index in [2.05, 4.69) is 17.2 Å². The SMILES string of the molecule is CCOC(=O)C1=C(c2ccccc2)NC(C)=C(C(=O)OCC(OC)c2ccccc2)C1C#Cc1ccccc1. The Balaban J connectivity index is 1.76. The quantitative estimate of drug-likeness (QED) is 0.315. The number of rotatable bonds is 8. The normalized spacial score (nSPS) is 15.5. The summed E-state index contributed by atoms with van der Waals surface area (Å²) in [7, 11) is 1.57. The summed E-state index contributed by atoms with van der Waals surface area (Å²) in [5.74, 6) is 4.30. The van der Waals surface area contributed by atoms with Crippen molar-refractivity contribution < 1.29 is 23.8 Å². The van der Waals surface area contributed by atoms with Gasteiger partial charge >= 0.3 is 11.9 Å². The van der Waals surface area contributed by atoms with Crippen molar-refractivity contribution in [3.8, 4) is 11.8 Å². The van der Waals surface area contributed by atoms with Crippen LogP contribution < -0.4 is 5.32 Å². The number of nitrogens with one attached hydrogen (secondary N) is 1. The van der Waals surface area contributed by atoms with Gasteiger partial charge in [0.05, 0.1) is 29.4 Å². The first-order valence-corrected chi connectivity index (χ1v) is 12.8. The Kier molecular flexibility index (Phi) is 9.34. The summed E-state index contributed by atoms with van der Waals surface area (Å²) in [6.07, 6.45) is -0.443. The molecule has 6 heteroatoms. The molecule has 0 spiro atoms. The molecular weight excluding hydrogens is 490 g/mol. The number of esters is 2. The summed E-state index contributed by atoms with van der Waals surface area (Å²) in [5.41, 5.74) is 4.04. The van der Waals surface area contributed by atoms with Crippen LogP contribution in [0.1, 0.15) is 36.6 Å². The molecule has 198 valence electrons. The molecule has 2 atom stereocenters. The molecule has 3 aromatic rings. The lowest BCUT2D eigenvalue weighted by Gasteiger charge is -2.29. The van der Waals surface area contributed by atoms with Crippen LogP contribution in [-0.2, 0) is 23.8 Å². The molecule has 0 saturated carbocycles. The van der Waals surface area contributed by atoms with Crippen LogP contribution in [0.25, 0.3) is 5.70 Å². The van der Waals surface area contributed by atoms with Gasteiger partial charge in [0, 0.05) is 18.4 Å². The summed E-state index contributed by atoms with van der Waals surface area (Å²) in [6, 6.07) is 28.4. The molecule has 0 aromatic heterocycles. The van der Waals surface area contributed by atoms with E-state index in [9.17, 15) is 9.59 Å². The van der Waals surface area contributed by atoms with Crippen molar-refractivity contribution in [1.82, 2.24) is 5.32 Å². The van der Waals surface area contributed by atoms with Crippen molar-refractivity contribution in [2.24, 2.45) is 5.92 Å². The van der Waals surface area contributed by atoms with Crippen LogP contribution in [0, 0.1) is 17.8 Å². The molecule has 0 radical (unpaired) electrons. The third-order valence-electron chi connectivity index (χ3n) is 6.30. The monoisotopic (exact) mass is 521 g/mol. The smallest absolute Gasteiger partial charge is 0.337 e. The average molecular weight is 522 g/mol. The van der Waals surface area contributed by atoms with Gasteiger partial charge in [-0.25, -0.2) is 9.59 Å². The van der Waals surface area contributed by atoms with Gasteiger partial charge in [0.1, 0.15) is 12.7 Å². The molecule has 0 bridgehead atoms. The summed E-state index contributed by atoms with van der Waals surface area (Å²) < 4.78 is 16.8. The summed E-state index contributed by atoms with van der Waals surface area (Å²) in [6.45, 7) is 3.70. The standard InChI is InChI=1S/C33H31NO5/c1-4-38-33(36)30-27(21-20-24-14-8-5-9-15-24)29(23(2)34-31(30)26-18-12-7-13-19-26)32(35)39-22-28(37-3)25-16-10-6-11-17-25/h5-19,27-28,34H,4,22H2,1-3H3. The van der Waals surface area contributed by atoms with Crippen molar-refractivity contribution in [2.75, 3.05) is 20.3 Å². The molecule has 1 aliphatic rings. The zero-order valence-electron chi connectivity index (χ0n) is 22.3. The van der Waals surface area contributed by atoms with E-state index >= 15 is 0 Å². The van der Waals surface area contributed by atoms with E-state index < -0.39 is 24.0 Å². The third kappa shape index (κ3) is 6.64. The maximum Gasteiger partial charge on any atom is 0.337 e. The fourth-order valence-corrected chi connectivity index (χ4v) is 4.38. The zero-order chi connectivity index (χ0) is 27.6. The molecule has 4 rings (SSSR count). The van der Waals surface area contributed by atoms with E-state index in [1.54, 1.807) is 21.0 Å². The number of benzene rings is 3. The maximum absolute atomic E-state index is 13.6. The Morgan fingerprint density at radius 2 is 1.44 bits per heavy atom. The highest BCUT2D eigenvalue weighted by Gasteiger charge is 2.38. The fourth-order valence-electron chi connectivity index (χ4n) is 4.38. The van der Waals surface area contributed by atoms with Gasteiger partial charge in [-0.2, -0.15) is 0 Å². The summed E-state index contributed by atoms with van der Waals surface area (Å²) in [4.78, 5) is 27.0. The Labute approximate surface area is 229 Å². The first kappa shape index (κ1) is 27.4. The highest BCUT2D eigenvalue weighted by atomic mass is 16.6.